The zero-order chi connectivity index (χ0) is 21.8. The number of rotatable bonds is 4. The van der Waals surface area contributed by atoms with Gasteiger partial charge >= 0.3 is 0 Å². The van der Waals surface area contributed by atoms with Gasteiger partial charge in [0.25, 0.3) is 0 Å². The Morgan fingerprint density at radius 3 is 2.65 bits per heavy atom. The second-order valence-electron chi connectivity index (χ2n) is 7.15. The van der Waals surface area contributed by atoms with Gasteiger partial charge in [-0.15, -0.1) is 10.2 Å². The van der Waals surface area contributed by atoms with Crippen LogP contribution in [-0.4, -0.2) is 63.4 Å². The van der Waals surface area contributed by atoms with Gasteiger partial charge in [-0.05, 0) is 29.0 Å². The van der Waals surface area contributed by atoms with E-state index in [1.807, 2.05) is 0 Å². The predicted molar refractivity (Wildman–Crippen MR) is 111 cm³/mol. The molecule has 5 rings (SSSR count). The van der Waals surface area contributed by atoms with Gasteiger partial charge in [-0.25, -0.2) is 31.8 Å². The maximum Gasteiger partial charge on any atom is 0.240 e. The topological polar surface area (TPSA) is 207 Å². The number of pyridine rings is 1. The van der Waals surface area contributed by atoms with Gasteiger partial charge < -0.3 is 11.1 Å². The van der Waals surface area contributed by atoms with Gasteiger partial charge in [0.2, 0.25) is 15.8 Å². The third-order valence-electron chi connectivity index (χ3n) is 5.15. The fourth-order valence-electron chi connectivity index (χ4n) is 3.80. The van der Waals surface area contributed by atoms with Crippen LogP contribution in [0.25, 0.3) is 22.5 Å². The van der Waals surface area contributed by atoms with Crippen molar-refractivity contribution in [3.05, 3.63) is 30.5 Å². The lowest BCUT2D eigenvalue weighted by Crippen LogP contribution is -2.35. The van der Waals surface area contributed by atoms with Crippen molar-refractivity contribution in [3.8, 4) is 22.5 Å². The molecule has 4 heterocycles. The molecule has 1 unspecified atom stereocenters. The SMILES string of the molecule is Nc1ccc(-c2ccc(S3(=O)=N[C@H]4CNC[C@H]4N3)c(S(N)(=O)=O)c2-c2nn[nH]n2)cn1. The van der Waals surface area contributed by atoms with Crippen molar-refractivity contribution in [2.45, 2.75) is 21.9 Å². The van der Waals surface area contributed by atoms with Crippen molar-refractivity contribution >= 4 is 25.8 Å². The number of hydrogen-bond donors (Lipinski definition) is 5. The molecule has 3 atom stereocenters. The molecule has 162 valence electrons. The number of sulfonamides is 1. The maximum absolute atomic E-state index is 13.8. The number of tetrazole rings is 1. The van der Waals surface area contributed by atoms with Gasteiger partial charge in [-0.3, -0.25) is 0 Å². The number of aromatic amines is 1. The van der Waals surface area contributed by atoms with Gasteiger partial charge in [-0.2, -0.15) is 5.21 Å². The van der Waals surface area contributed by atoms with E-state index in [0.29, 0.717) is 30.0 Å². The van der Waals surface area contributed by atoms with Crippen LogP contribution in [-0.2, 0) is 19.9 Å². The average Bonchev–Trinajstić information content (AvgIpc) is 3.44. The number of aromatic nitrogens is 5. The Morgan fingerprint density at radius 2 is 2.00 bits per heavy atom. The molecule has 2 aromatic heterocycles. The van der Waals surface area contributed by atoms with E-state index < -0.39 is 19.9 Å². The Labute approximate surface area is 177 Å². The molecular weight excluding hydrogens is 444 g/mol. The first-order valence-electron chi connectivity index (χ1n) is 9.16. The number of nitrogens with two attached hydrogens (primary N) is 2. The minimum Gasteiger partial charge on any atom is -0.384 e. The van der Waals surface area contributed by atoms with Crippen molar-refractivity contribution in [2.75, 3.05) is 18.8 Å². The highest BCUT2D eigenvalue weighted by Gasteiger charge is 2.40. The average molecular weight is 463 g/mol. The third-order valence-corrected chi connectivity index (χ3v) is 8.40. The largest absolute Gasteiger partial charge is 0.384 e. The summed E-state index contributed by atoms with van der Waals surface area (Å²) in [6.07, 6.45) is 1.48. The van der Waals surface area contributed by atoms with E-state index in [1.54, 1.807) is 18.2 Å². The number of hydrogen-bond acceptors (Lipinski definition) is 10. The van der Waals surface area contributed by atoms with Crippen molar-refractivity contribution in [3.63, 3.8) is 0 Å². The van der Waals surface area contributed by atoms with E-state index in [0.717, 1.165) is 0 Å². The molecule has 13 nitrogen and oxygen atoms in total. The molecule has 2 aliphatic heterocycles. The third kappa shape index (κ3) is 3.35. The molecule has 2 aliphatic rings. The Kier molecular flexibility index (Phi) is 4.52. The highest BCUT2D eigenvalue weighted by atomic mass is 32.2. The summed E-state index contributed by atoms with van der Waals surface area (Å²) in [6, 6.07) is 5.89. The van der Waals surface area contributed by atoms with Crippen LogP contribution in [0.2, 0.25) is 0 Å². The summed E-state index contributed by atoms with van der Waals surface area (Å²) in [5.74, 6) is 0.269. The van der Waals surface area contributed by atoms with Crippen LogP contribution in [0.15, 0.2) is 44.6 Å². The summed E-state index contributed by atoms with van der Waals surface area (Å²) < 4.78 is 46.8. The number of fused-ring (bicyclic) bond motifs is 1. The molecule has 0 amide bonds. The summed E-state index contributed by atoms with van der Waals surface area (Å²) in [6.45, 7) is 1.12. The Hall–Kier alpha value is -2.98. The van der Waals surface area contributed by atoms with E-state index in [9.17, 15) is 12.6 Å². The normalized spacial score (nSPS) is 25.3. The minimum atomic E-state index is -4.39. The van der Waals surface area contributed by atoms with Crippen LogP contribution in [0, 0.1) is 0 Å². The highest BCUT2D eigenvalue weighted by Crippen LogP contribution is 2.40. The Balaban J connectivity index is 1.84. The van der Waals surface area contributed by atoms with Gasteiger partial charge in [0.1, 0.15) is 20.6 Å². The highest BCUT2D eigenvalue weighted by molar-refractivity contribution is 7.94. The minimum absolute atomic E-state index is 0.0273. The molecule has 1 saturated heterocycles. The lowest BCUT2D eigenvalue weighted by Gasteiger charge is -2.17. The summed E-state index contributed by atoms with van der Waals surface area (Å²) in [5, 5.41) is 22.5. The first kappa shape index (κ1) is 20.0. The zero-order valence-electron chi connectivity index (χ0n) is 15.9. The van der Waals surface area contributed by atoms with Crippen LogP contribution in [0.1, 0.15) is 0 Å². The molecule has 3 aromatic rings. The quantitative estimate of drug-likeness (QED) is 0.316. The summed E-state index contributed by atoms with van der Waals surface area (Å²) in [5.41, 5.74) is 6.67. The summed E-state index contributed by atoms with van der Waals surface area (Å²) in [7, 11) is -7.66. The number of nitrogen functional groups attached to an aromatic ring is 1. The van der Waals surface area contributed by atoms with Crippen molar-refractivity contribution in [2.24, 2.45) is 9.50 Å². The number of benzene rings is 1. The van der Waals surface area contributed by atoms with Crippen molar-refractivity contribution in [1.82, 2.24) is 35.6 Å². The maximum atomic E-state index is 13.8. The van der Waals surface area contributed by atoms with Gasteiger partial charge in [0, 0.05) is 24.8 Å². The molecule has 7 N–H and O–H groups in total. The van der Waals surface area contributed by atoms with E-state index in [2.05, 4.69) is 40.0 Å². The summed E-state index contributed by atoms with van der Waals surface area (Å²) in [4.78, 5) is 3.64. The van der Waals surface area contributed by atoms with Gasteiger partial charge in [-0.1, -0.05) is 6.07 Å². The fourth-order valence-corrected chi connectivity index (χ4v) is 7.48. The van der Waals surface area contributed by atoms with Crippen LogP contribution >= 0.6 is 0 Å². The van der Waals surface area contributed by atoms with E-state index >= 15 is 0 Å². The molecule has 1 fully saturated rings. The second-order valence-corrected chi connectivity index (χ2v) is 10.6. The molecule has 1 aromatic carbocycles. The van der Waals surface area contributed by atoms with Crippen LogP contribution in [0.5, 0.6) is 0 Å². The number of nitrogens with one attached hydrogen (secondary N) is 3. The molecule has 15 heteroatoms. The second kappa shape index (κ2) is 7.03. The Morgan fingerprint density at radius 1 is 1.16 bits per heavy atom. The van der Waals surface area contributed by atoms with E-state index in [1.165, 1.54) is 12.3 Å². The standard InChI is InChI=1S/C16H18N10O3S2/c17-13-4-1-8(5-20-13)9-2-3-12(31(29)23-10-6-19-7-11(10)24-31)15(30(18,27)28)14(9)16-21-25-26-22-16/h1-5,10-11,19H,6-7H2,(H2,17,20)(H2,18,27,28)(H,23,24,29)(H,21,22,25,26)/t10-,11+,31?. The molecular formula is C16H18N10O3S2. The smallest absolute Gasteiger partial charge is 0.240 e. The van der Waals surface area contributed by atoms with Gasteiger partial charge in [0.15, 0.2) is 0 Å². The number of primary sulfonamides is 1. The number of anilines is 1. The van der Waals surface area contributed by atoms with Crippen LogP contribution in [0.4, 0.5) is 5.82 Å². The van der Waals surface area contributed by atoms with E-state index in [4.69, 9.17) is 10.9 Å². The molecule has 0 aliphatic carbocycles. The molecule has 0 saturated carbocycles. The van der Waals surface area contributed by atoms with Crippen LogP contribution < -0.4 is 20.9 Å². The predicted octanol–water partition coefficient (Wildman–Crippen LogP) is -1.16. The molecule has 0 radical (unpaired) electrons. The lowest BCUT2D eigenvalue weighted by molar-refractivity contribution is 0.594. The Bertz CT molecular complexity index is 1380. The van der Waals surface area contributed by atoms with Crippen molar-refractivity contribution < 1.29 is 12.6 Å². The number of H-pyrrole nitrogens is 1. The van der Waals surface area contributed by atoms with Gasteiger partial charge in [0.05, 0.1) is 22.5 Å². The van der Waals surface area contributed by atoms with Crippen molar-refractivity contribution in [1.29, 1.82) is 0 Å². The monoisotopic (exact) mass is 462 g/mol. The molecule has 31 heavy (non-hydrogen) atoms. The summed E-state index contributed by atoms with van der Waals surface area (Å²) >= 11 is 0. The lowest BCUT2D eigenvalue weighted by atomic mass is 10.0. The number of nitrogens with zero attached hydrogens (tertiary/aromatic N) is 5. The van der Waals surface area contributed by atoms with Crippen LogP contribution in [0.3, 0.4) is 0 Å². The first-order valence-corrected chi connectivity index (χ1v) is 12.2. The zero-order valence-corrected chi connectivity index (χ0v) is 17.5. The van der Waals surface area contributed by atoms with E-state index in [-0.39, 0.29) is 33.3 Å². The first-order chi connectivity index (χ1) is 14.8. The molecule has 0 spiro atoms. The fraction of sp³-hybridized carbons (Fsp3) is 0.250. The molecule has 0 bridgehead atoms.